The minimum Gasteiger partial charge on any atom is -0.491 e. The fraction of sp³-hybridized carbons (Fsp3) is 0.238. The fourth-order valence-corrected chi connectivity index (χ4v) is 3.34. The number of esters is 1. The molecule has 4 rings (SSSR count). The van der Waals surface area contributed by atoms with E-state index in [0.717, 1.165) is 27.9 Å². The fourth-order valence-electron chi connectivity index (χ4n) is 3.34. The zero-order valence-corrected chi connectivity index (χ0v) is 14.6. The first-order valence-corrected chi connectivity index (χ1v) is 8.78. The Balaban J connectivity index is 1.86. The van der Waals surface area contributed by atoms with E-state index in [0.29, 0.717) is 31.9 Å². The third kappa shape index (κ3) is 2.96. The van der Waals surface area contributed by atoms with Gasteiger partial charge in [0.05, 0.1) is 24.4 Å². The van der Waals surface area contributed by atoms with Crippen LogP contribution in [0.4, 0.5) is 5.69 Å². The minimum atomic E-state index is -0.348. The maximum atomic E-state index is 12.6. The molecule has 0 radical (unpaired) electrons. The zero-order chi connectivity index (χ0) is 17.9. The van der Waals surface area contributed by atoms with E-state index in [9.17, 15) is 4.79 Å². The molecule has 1 aromatic heterocycles. The normalized spacial score (nSPS) is 13.7. The number of benzene rings is 2. The molecule has 1 aliphatic heterocycles. The minimum absolute atomic E-state index is 0.330. The van der Waals surface area contributed by atoms with Crippen molar-refractivity contribution in [2.24, 2.45) is 0 Å². The molecule has 0 spiro atoms. The van der Waals surface area contributed by atoms with Gasteiger partial charge in [-0.25, -0.2) is 4.79 Å². The quantitative estimate of drug-likeness (QED) is 0.674. The second-order valence-corrected chi connectivity index (χ2v) is 6.14. The summed E-state index contributed by atoms with van der Waals surface area (Å²) in [4.78, 5) is 19.2. The van der Waals surface area contributed by atoms with E-state index in [1.165, 1.54) is 0 Å². The molecule has 132 valence electrons. The number of hydrogen-bond acceptors (Lipinski definition) is 5. The Kier molecular flexibility index (Phi) is 4.44. The topological polar surface area (TPSA) is 51.7 Å². The summed E-state index contributed by atoms with van der Waals surface area (Å²) < 4.78 is 11.2. The molecule has 0 atom stereocenters. The summed E-state index contributed by atoms with van der Waals surface area (Å²) in [6.45, 7) is 4.03. The molecular formula is C21H20N2O3. The van der Waals surface area contributed by atoms with Crippen LogP contribution in [0, 0.1) is 0 Å². The van der Waals surface area contributed by atoms with Crippen LogP contribution in [0.2, 0.25) is 0 Å². The van der Waals surface area contributed by atoms with Gasteiger partial charge in [0.15, 0.2) is 0 Å². The first-order valence-electron chi connectivity index (χ1n) is 8.78. The summed E-state index contributed by atoms with van der Waals surface area (Å²) in [5.74, 6) is 0.547. The van der Waals surface area contributed by atoms with Crippen LogP contribution in [0.1, 0.15) is 22.8 Å². The van der Waals surface area contributed by atoms with E-state index in [1.54, 1.807) is 6.20 Å². The number of nitrogens with zero attached hydrogens (tertiary/aromatic N) is 2. The second-order valence-electron chi connectivity index (χ2n) is 6.14. The van der Waals surface area contributed by atoms with Gasteiger partial charge in [0, 0.05) is 23.7 Å². The van der Waals surface area contributed by atoms with Gasteiger partial charge in [0.25, 0.3) is 0 Å². The largest absolute Gasteiger partial charge is 0.491 e. The van der Waals surface area contributed by atoms with Crippen LogP contribution >= 0.6 is 0 Å². The number of ether oxygens (including phenoxy) is 2. The number of anilines is 1. The molecule has 0 fully saturated rings. The molecule has 0 bridgehead atoms. The van der Waals surface area contributed by atoms with Gasteiger partial charge in [0.2, 0.25) is 0 Å². The summed E-state index contributed by atoms with van der Waals surface area (Å²) >= 11 is 0. The third-order valence-electron chi connectivity index (χ3n) is 4.51. The Bertz CT molecular complexity index is 955. The standard InChI is InChI=1S/C21H20N2O3/c1-2-25-21(24)17-13-22-18-9-5-4-8-16(18)20(17)23-11-12-26-19-10-6-3-7-15(19)14-23/h3-10,13H,2,11-12,14H2,1H3. The maximum Gasteiger partial charge on any atom is 0.341 e. The first kappa shape index (κ1) is 16.4. The molecule has 0 saturated heterocycles. The van der Waals surface area contributed by atoms with E-state index >= 15 is 0 Å². The molecule has 2 aromatic carbocycles. The van der Waals surface area contributed by atoms with Gasteiger partial charge in [0.1, 0.15) is 17.9 Å². The molecule has 0 unspecified atom stereocenters. The zero-order valence-electron chi connectivity index (χ0n) is 14.6. The first-order chi connectivity index (χ1) is 12.8. The van der Waals surface area contributed by atoms with Gasteiger partial charge in [-0.05, 0) is 19.1 Å². The van der Waals surface area contributed by atoms with Gasteiger partial charge in [-0.2, -0.15) is 0 Å². The number of para-hydroxylation sites is 2. The molecule has 1 aliphatic rings. The number of fused-ring (bicyclic) bond motifs is 2. The highest BCUT2D eigenvalue weighted by atomic mass is 16.5. The lowest BCUT2D eigenvalue weighted by Gasteiger charge is -2.25. The second kappa shape index (κ2) is 7.04. The monoisotopic (exact) mass is 348 g/mol. The van der Waals surface area contributed by atoms with Gasteiger partial charge >= 0.3 is 5.97 Å². The number of rotatable bonds is 3. The predicted octanol–water partition coefficient (Wildman–Crippen LogP) is 3.81. The summed E-state index contributed by atoms with van der Waals surface area (Å²) in [6.07, 6.45) is 1.62. The molecule has 5 heteroatoms. The van der Waals surface area contributed by atoms with Crippen LogP contribution in [-0.4, -0.2) is 30.7 Å². The van der Waals surface area contributed by atoms with Crippen LogP contribution in [0.5, 0.6) is 5.75 Å². The van der Waals surface area contributed by atoms with Crippen molar-refractivity contribution in [2.45, 2.75) is 13.5 Å². The summed E-state index contributed by atoms with van der Waals surface area (Å²) in [7, 11) is 0. The Hall–Kier alpha value is -3.08. The van der Waals surface area contributed by atoms with Gasteiger partial charge in [-0.1, -0.05) is 36.4 Å². The van der Waals surface area contributed by atoms with Crippen molar-refractivity contribution in [3.63, 3.8) is 0 Å². The van der Waals surface area contributed by atoms with Crippen molar-refractivity contribution in [2.75, 3.05) is 24.7 Å². The molecule has 0 amide bonds. The lowest BCUT2D eigenvalue weighted by atomic mass is 10.1. The van der Waals surface area contributed by atoms with Gasteiger partial charge in [-0.15, -0.1) is 0 Å². The molecule has 0 aliphatic carbocycles. The highest BCUT2D eigenvalue weighted by molar-refractivity contribution is 6.05. The van der Waals surface area contributed by atoms with Crippen molar-refractivity contribution in [1.29, 1.82) is 0 Å². The van der Waals surface area contributed by atoms with Gasteiger partial charge in [-0.3, -0.25) is 4.98 Å². The molecule has 26 heavy (non-hydrogen) atoms. The molecule has 3 aromatic rings. The van der Waals surface area contributed by atoms with Crippen LogP contribution in [0.25, 0.3) is 10.9 Å². The predicted molar refractivity (Wildman–Crippen MR) is 101 cm³/mol. The summed E-state index contributed by atoms with van der Waals surface area (Å²) in [5.41, 5.74) is 3.30. The number of carbonyl (C=O) groups excluding carboxylic acids is 1. The van der Waals surface area contributed by atoms with E-state index in [2.05, 4.69) is 16.0 Å². The van der Waals surface area contributed by atoms with E-state index in [-0.39, 0.29) is 5.97 Å². The van der Waals surface area contributed by atoms with Crippen LogP contribution in [0.15, 0.2) is 54.7 Å². The van der Waals surface area contributed by atoms with Crippen molar-refractivity contribution in [3.8, 4) is 5.75 Å². The lowest BCUT2D eigenvalue weighted by Crippen LogP contribution is -2.27. The number of carbonyl (C=O) groups is 1. The summed E-state index contributed by atoms with van der Waals surface area (Å²) in [5, 5.41) is 0.942. The molecule has 0 N–H and O–H groups in total. The van der Waals surface area contributed by atoms with Crippen molar-refractivity contribution in [1.82, 2.24) is 4.98 Å². The summed E-state index contributed by atoms with van der Waals surface area (Å²) in [6, 6.07) is 15.9. The van der Waals surface area contributed by atoms with Crippen molar-refractivity contribution in [3.05, 3.63) is 65.9 Å². The van der Waals surface area contributed by atoms with Gasteiger partial charge < -0.3 is 14.4 Å². The van der Waals surface area contributed by atoms with E-state index in [1.807, 2.05) is 49.4 Å². The molecule has 2 heterocycles. The average Bonchev–Trinajstić information content (AvgIpc) is 2.89. The maximum absolute atomic E-state index is 12.6. The van der Waals surface area contributed by atoms with E-state index in [4.69, 9.17) is 9.47 Å². The Morgan fingerprint density at radius 2 is 2.00 bits per heavy atom. The smallest absolute Gasteiger partial charge is 0.341 e. The molecular weight excluding hydrogens is 328 g/mol. The highest BCUT2D eigenvalue weighted by Crippen LogP contribution is 2.33. The lowest BCUT2D eigenvalue weighted by molar-refractivity contribution is 0.0526. The van der Waals surface area contributed by atoms with Crippen LogP contribution in [-0.2, 0) is 11.3 Å². The molecule has 5 nitrogen and oxygen atoms in total. The van der Waals surface area contributed by atoms with Crippen LogP contribution < -0.4 is 9.64 Å². The van der Waals surface area contributed by atoms with Crippen molar-refractivity contribution < 1.29 is 14.3 Å². The Morgan fingerprint density at radius 1 is 1.19 bits per heavy atom. The van der Waals surface area contributed by atoms with Crippen LogP contribution in [0.3, 0.4) is 0 Å². The molecule has 0 saturated carbocycles. The average molecular weight is 348 g/mol. The highest BCUT2D eigenvalue weighted by Gasteiger charge is 2.24. The number of hydrogen-bond donors (Lipinski definition) is 0. The Labute approximate surface area is 152 Å². The van der Waals surface area contributed by atoms with Crippen molar-refractivity contribution >= 4 is 22.6 Å². The third-order valence-corrected chi connectivity index (χ3v) is 4.51. The van der Waals surface area contributed by atoms with E-state index < -0.39 is 0 Å². The number of pyridine rings is 1. The number of aromatic nitrogens is 1. The SMILES string of the molecule is CCOC(=O)c1cnc2ccccc2c1N1CCOc2ccccc2C1. The Morgan fingerprint density at radius 3 is 2.88 bits per heavy atom.